The van der Waals surface area contributed by atoms with Gasteiger partial charge in [-0.05, 0) is 39.8 Å². The van der Waals surface area contributed by atoms with Gasteiger partial charge in [-0.25, -0.2) is 0 Å². The molecule has 0 aromatic heterocycles. The zero-order valence-electron chi connectivity index (χ0n) is 10.8. The van der Waals surface area contributed by atoms with Crippen LogP contribution in [-0.2, 0) is 4.65 Å². The van der Waals surface area contributed by atoms with Gasteiger partial charge >= 0.3 is 7.48 Å². The molecule has 0 spiro atoms. The minimum absolute atomic E-state index is 0.655. The standard InChI is InChI=1S/C14H18BO2/c1-6-11-7-9-12(10-8-11)15-17-14(4,5)13(2,3)16/h1,7-10,16H,2-5H3. The first-order valence-electron chi connectivity index (χ1n) is 5.56. The zero-order valence-corrected chi connectivity index (χ0v) is 10.8. The van der Waals surface area contributed by atoms with Crippen LogP contribution in [-0.4, -0.2) is 23.8 Å². The van der Waals surface area contributed by atoms with Crippen LogP contribution in [0.2, 0.25) is 0 Å². The van der Waals surface area contributed by atoms with Crippen molar-refractivity contribution in [3.63, 3.8) is 0 Å². The molecule has 1 aromatic rings. The van der Waals surface area contributed by atoms with Gasteiger partial charge in [0.05, 0.1) is 11.2 Å². The molecule has 3 heteroatoms. The number of benzene rings is 1. The topological polar surface area (TPSA) is 29.5 Å². The molecule has 0 aliphatic carbocycles. The summed E-state index contributed by atoms with van der Waals surface area (Å²) in [5.41, 5.74) is 0.185. The van der Waals surface area contributed by atoms with E-state index in [0.29, 0.717) is 0 Å². The van der Waals surface area contributed by atoms with Crippen molar-refractivity contribution in [1.82, 2.24) is 0 Å². The van der Waals surface area contributed by atoms with Crippen LogP contribution in [0.15, 0.2) is 24.3 Å². The minimum atomic E-state index is -0.914. The molecular formula is C14H18BO2. The molecule has 1 radical (unpaired) electrons. The van der Waals surface area contributed by atoms with E-state index in [0.717, 1.165) is 11.0 Å². The molecule has 1 rings (SSSR count). The number of rotatable bonds is 4. The summed E-state index contributed by atoms with van der Waals surface area (Å²) >= 11 is 0. The average molecular weight is 229 g/mol. The summed E-state index contributed by atoms with van der Waals surface area (Å²) in [4.78, 5) is 0. The van der Waals surface area contributed by atoms with Crippen molar-refractivity contribution in [1.29, 1.82) is 0 Å². The number of hydrogen-bond donors (Lipinski definition) is 1. The van der Waals surface area contributed by atoms with Gasteiger partial charge in [-0.3, -0.25) is 0 Å². The van der Waals surface area contributed by atoms with Crippen LogP contribution < -0.4 is 5.46 Å². The molecule has 0 aliphatic heterocycles. The van der Waals surface area contributed by atoms with E-state index in [9.17, 15) is 5.11 Å². The van der Waals surface area contributed by atoms with E-state index in [-0.39, 0.29) is 0 Å². The van der Waals surface area contributed by atoms with Crippen LogP contribution in [0.1, 0.15) is 33.3 Å². The lowest BCUT2D eigenvalue weighted by atomic mass is 9.82. The van der Waals surface area contributed by atoms with Crippen LogP contribution in [0, 0.1) is 12.3 Å². The van der Waals surface area contributed by atoms with E-state index in [2.05, 4.69) is 5.92 Å². The van der Waals surface area contributed by atoms with E-state index in [4.69, 9.17) is 11.1 Å². The van der Waals surface area contributed by atoms with Crippen LogP contribution in [0.5, 0.6) is 0 Å². The maximum Gasteiger partial charge on any atom is 0.330 e. The highest BCUT2D eigenvalue weighted by Crippen LogP contribution is 2.24. The van der Waals surface area contributed by atoms with Gasteiger partial charge in [0.1, 0.15) is 0 Å². The van der Waals surface area contributed by atoms with Crippen molar-refractivity contribution in [2.45, 2.75) is 38.9 Å². The van der Waals surface area contributed by atoms with E-state index in [1.807, 2.05) is 38.1 Å². The molecule has 1 N–H and O–H groups in total. The normalized spacial score (nSPS) is 12.0. The summed E-state index contributed by atoms with van der Waals surface area (Å²) < 4.78 is 5.63. The Kier molecular flexibility index (Phi) is 4.03. The van der Waals surface area contributed by atoms with Crippen molar-refractivity contribution in [3.8, 4) is 12.3 Å². The Morgan fingerprint density at radius 3 is 2.12 bits per heavy atom. The highest BCUT2D eigenvalue weighted by molar-refractivity contribution is 6.47. The summed E-state index contributed by atoms with van der Waals surface area (Å²) in [5, 5.41) is 9.93. The predicted molar refractivity (Wildman–Crippen MR) is 71.2 cm³/mol. The Hall–Kier alpha value is -1.24. The first-order chi connectivity index (χ1) is 7.76. The summed E-state index contributed by atoms with van der Waals surface area (Å²) in [7, 11) is 1.64. The molecule has 0 unspecified atom stereocenters. The molecule has 0 fully saturated rings. The Morgan fingerprint density at radius 1 is 1.18 bits per heavy atom. The molecule has 89 valence electrons. The van der Waals surface area contributed by atoms with E-state index >= 15 is 0 Å². The largest absolute Gasteiger partial charge is 0.427 e. The SMILES string of the molecule is C#Cc1ccc([B]OC(C)(C)C(C)(C)O)cc1. The molecule has 0 saturated carbocycles. The molecule has 17 heavy (non-hydrogen) atoms. The van der Waals surface area contributed by atoms with Gasteiger partial charge in [-0.1, -0.05) is 23.5 Å². The number of aliphatic hydroxyl groups is 1. The van der Waals surface area contributed by atoms with Gasteiger partial charge in [0.15, 0.2) is 0 Å². The predicted octanol–water partition coefficient (Wildman–Crippen LogP) is 1.48. The van der Waals surface area contributed by atoms with E-state index < -0.39 is 11.2 Å². The Balaban J connectivity index is 2.65. The number of hydrogen-bond acceptors (Lipinski definition) is 2. The van der Waals surface area contributed by atoms with Gasteiger partial charge in [-0.2, -0.15) is 0 Å². The summed E-state index contributed by atoms with van der Waals surface area (Å²) in [6, 6.07) is 7.48. The molecule has 0 aliphatic rings. The monoisotopic (exact) mass is 229 g/mol. The first-order valence-corrected chi connectivity index (χ1v) is 5.56. The smallest absolute Gasteiger partial charge is 0.330 e. The fraction of sp³-hybridized carbons (Fsp3) is 0.429. The highest BCUT2D eigenvalue weighted by Gasteiger charge is 2.35. The fourth-order valence-corrected chi connectivity index (χ4v) is 1.02. The van der Waals surface area contributed by atoms with Crippen molar-refractivity contribution < 1.29 is 9.76 Å². The average Bonchev–Trinajstić information content (AvgIpc) is 2.25. The molecule has 1 aromatic carbocycles. The van der Waals surface area contributed by atoms with Crippen LogP contribution in [0.3, 0.4) is 0 Å². The summed E-state index contributed by atoms with van der Waals surface area (Å²) in [6.07, 6.45) is 5.28. The Labute approximate surface area is 104 Å². The third kappa shape index (κ3) is 3.62. The van der Waals surface area contributed by atoms with Gasteiger partial charge in [0, 0.05) is 5.56 Å². The first kappa shape index (κ1) is 13.8. The van der Waals surface area contributed by atoms with Crippen molar-refractivity contribution in [2.24, 2.45) is 0 Å². The molecule has 0 saturated heterocycles. The van der Waals surface area contributed by atoms with Crippen LogP contribution in [0.25, 0.3) is 0 Å². The summed E-state index contributed by atoms with van der Waals surface area (Å²) in [5.74, 6) is 2.56. The van der Waals surface area contributed by atoms with Crippen LogP contribution in [0.4, 0.5) is 0 Å². The fourth-order valence-electron chi connectivity index (χ4n) is 1.02. The second kappa shape index (κ2) is 4.95. The molecule has 0 amide bonds. The lowest BCUT2D eigenvalue weighted by Gasteiger charge is -2.37. The lowest BCUT2D eigenvalue weighted by Crippen LogP contribution is -2.49. The maximum absolute atomic E-state index is 9.93. The van der Waals surface area contributed by atoms with Crippen molar-refractivity contribution >= 4 is 12.9 Å². The van der Waals surface area contributed by atoms with E-state index in [1.54, 1.807) is 21.3 Å². The Bertz CT molecular complexity index is 407. The van der Waals surface area contributed by atoms with Gasteiger partial charge in [0.25, 0.3) is 0 Å². The molecular weight excluding hydrogens is 211 g/mol. The van der Waals surface area contributed by atoms with Crippen LogP contribution >= 0.6 is 0 Å². The molecule has 0 atom stereocenters. The maximum atomic E-state index is 9.93. The number of terminal acetylenes is 1. The van der Waals surface area contributed by atoms with Gasteiger partial charge in [0.2, 0.25) is 0 Å². The second-order valence-electron chi connectivity index (χ2n) is 5.07. The Morgan fingerprint density at radius 2 is 1.71 bits per heavy atom. The molecule has 0 heterocycles. The van der Waals surface area contributed by atoms with Crippen molar-refractivity contribution in [2.75, 3.05) is 0 Å². The molecule has 2 nitrogen and oxygen atoms in total. The summed E-state index contributed by atoms with van der Waals surface area (Å²) in [6.45, 7) is 7.14. The van der Waals surface area contributed by atoms with Gasteiger partial charge in [-0.15, -0.1) is 6.42 Å². The lowest BCUT2D eigenvalue weighted by molar-refractivity contribution is -0.0893. The highest BCUT2D eigenvalue weighted by atomic mass is 16.5. The van der Waals surface area contributed by atoms with E-state index in [1.165, 1.54) is 0 Å². The third-order valence-electron chi connectivity index (χ3n) is 3.04. The molecule has 0 bridgehead atoms. The van der Waals surface area contributed by atoms with Gasteiger partial charge < -0.3 is 9.76 Å². The van der Waals surface area contributed by atoms with Crippen molar-refractivity contribution in [3.05, 3.63) is 29.8 Å². The third-order valence-corrected chi connectivity index (χ3v) is 3.04. The second-order valence-corrected chi connectivity index (χ2v) is 5.07. The quantitative estimate of drug-likeness (QED) is 0.625. The minimum Gasteiger partial charge on any atom is -0.427 e. The zero-order chi connectivity index (χ0) is 13.1.